The predicted molar refractivity (Wildman–Crippen MR) is 63.5 cm³/mol. The molecule has 0 fully saturated rings. The number of rotatable bonds is 2. The number of halogens is 1. The van der Waals surface area contributed by atoms with E-state index in [4.69, 9.17) is 9.47 Å². The molecule has 0 spiro atoms. The van der Waals surface area contributed by atoms with Crippen LogP contribution in [-0.2, 0) is 16.0 Å². The van der Waals surface area contributed by atoms with Crippen LogP contribution in [0.25, 0.3) is 0 Å². The van der Waals surface area contributed by atoms with Gasteiger partial charge in [0, 0.05) is 10.9 Å². The van der Waals surface area contributed by atoms with Crippen LogP contribution in [0.3, 0.4) is 0 Å². The molecule has 16 heavy (non-hydrogen) atoms. The summed E-state index contributed by atoms with van der Waals surface area (Å²) in [5.41, 5.74) is 0.156. The smallest absolute Gasteiger partial charge is 0.350 e. The van der Waals surface area contributed by atoms with Crippen molar-refractivity contribution in [2.45, 2.75) is 25.9 Å². The Hall–Kier alpha value is -1.03. The molecule has 1 aliphatic rings. The van der Waals surface area contributed by atoms with E-state index in [2.05, 4.69) is 15.9 Å². The van der Waals surface area contributed by atoms with Crippen molar-refractivity contribution in [3.8, 4) is 5.75 Å². The van der Waals surface area contributed by atoms with Gasteiger partial charge in [0.2, 0.25) is 5.60 Å². The molecule has 0 radical (unpaired) electrons. The predicted octanol–water partition coefficient (Wildman–Crippen LogP) is 2.71. The van der Waals surface area contributed by atoms with Crippen molar-refractivity contribution in [2.24, 2.45) is 0 Å². The van der Waals surface area contributed by atoms with Crippen LogP contribution in [0.5, 0.6) is 5.75 Å². The van der Waals surface area contributed by atoms with E-state index in [1.165, 1.54) is 0 Å². The second-order valence-electron chi connectivity index (χ2n) is 3.98. The van der Waals surface area contributed by atoms with Crippen molar-refractivity contribution >= 4 is 21.9 Å². The van der Waals surface area contributed by atoms with E-state index in [1.807, 2.05) is 18.2 Å². The van der Waals surface area contributed by atoms with Gasteiger partial charge in [0.1, 0.15) is 5.75 Å². The molecule has 0 saturated heterocycles. The largest absolute Gasteiger partial charge is 0.475 e. The zero-order valence-corrected chi connectivity index (χ0v) is 10.8. The number of hydrogen-bond acceptors (Lipinski definition) is 3. The fraction of sp³-hybridized carbons (Fsp3) is 0.417. The second kappa shape index (κ2) is 4.09. The average Bonchev–Trinajstić information content (AvgIpc) is 2.55. The molecule has 1 unspecified atom stereocenters. The van der Waals surface area contributed by atoms with Crippen molar-refractivity contribution in [1.29, 1.82) is 0 Å². The second-order valence-corrected chi connectivity index (χ2v) is 4.90. The van der Waals surface area contributed by atoms with Crippen LogP contribution in [0.2, 0.25) is 0 Å². The van der Waals surface area contributed by atoms with Gasteiger partial charge < -0.3 is 9.47 Å². The molecule has 2 rings (SSSR count). The normalized spacial score (nSPS) is 22.4. The lowest BCUT2D eigenvalue weighted by molar-refractivity contribution is -0.158. The Bertz CT molecular complexity index is 430. The Morgan fingerprint density at radius 2 is 2.38 bits per heavy atom. The Labute approximate surface area is 103 Å². The van der Waals surface area contributed by atoms with Crippen LogP contribution in [-0.4, -0.2) is 18.2 Å². The molecule has 0 amide bonds. The third kappa shape index (κ3) is 1.94. The SMILES string of the molecule is CCOC(=O)C1(C)Cc2cc(Br)ccc2O1. The Kier molecular flexibility index (Phi) is 2.93. The summed E-state index contributed by atoms with van der Waals surface area (Å²) in [6.07, 6.45) is 0.556. The first-order valence-corrected chi connectivity index (χ1v) is 5.99. The highest BCUT2D eigenvalue weighted by Crippen LogP contribution is 2.37. The highest BCUT2D eigenvalue weighted by molar-refractivity contribution is 9.10. The molecule has 86 valence electrons. The van der Waals surface area contributed by atoms with Gasteiger partial charge in [0.05, 0.1) is 6.61 Å². The lowest BCUT2D eigenvalue weighted by Crippen LogP contribution is -2.41. The van der Waals surface area contributed by atoms with Crippen molar-refractivity contribution in [1.82, 2.24) is 0 Å². The monoisotopic (exact) mass is 284 g/mol. The Balaban J connectivity index is 2.24. The van der Waals surface area contributed by atoms with Crippen LogP contribution >= 0.6 is 15.9 Å². The van der Waals surface area contributed by atoms with E-state index in [1.54, 1.807) is 13.8 Å². The standard InChI is InChI=1S/C12H13BrO3/c1-3-15-11(14)12(2)7-8-6-9(13)4-5-10(8)16-12/h4-6H,3,7H2,1-2H3. The van der Waals surface area contributed by atoms with E-state index in [9.17, 15) is 4.79 Å². The number of hydrogen-bond donors (Lipinski definition) is 0. The number of benzene rings is 1. The maximum atomic E-state index is 11.8. The van der Waals surface area contributed by atoms with Crippen LogP contribution in [0.15, 0.2) is 22.7 Å². The molecule has 0 N–H and O–H groups in total. The van der Waals surface area contributed by atoms with Crippen molar-refractivity contribution < 1.29 is 14.3 Å². The molecule has 0 aliphatic carbocycles. The zero-order valence-electron chi connectivity index (χ0n) is 9.25. The third-order valence-corrected chi connectivity index (χ3v) is 3.09. The quantitative estimate of drug-likeness (QED) is 0.784. The maximum absolute atomic E-state index is 11.8. The first kappa shape index (κ1) is 11.5. The minimum Gasteiger partial charge on any atom is -0.475 e. The van der Waals surface area contributed by atoms with E-state index in [0.717, 1.165) is 15.8 Å². The summed E-state index contributed by atoms with van der Waals surface area (Å²) in [5, 5.41) is 0. The number of esters is 1. The van der Waals surface area contributed by atoms with Crippen molar-refractivity contribution in [3.05, 3.63) is 28.2 Å². The number of ether oxygens (including phenoxy) is 2. The van der Waals surface area contributed by atoms with E-state index >= 15 is 0 Å². The van der Waals surface area contributed by atoms with Gasteiger partial charge in [0.25, 0.3) is 0 Å². The summed E-state index contributed by atoms with van der Waals surface area (Å²) in [4.78, 5) is 11.8. The van der Waals surface area contributed by atoms with E-state index in [-0.39, 0.29) is 5.97 Å². The number of carbonyl (C=O) groups excluding carboxylic acids is 1. The highest BCUT2D eigenvalue weighted by atomic mass is 79.9. The molecule has 1 aromatic carbocycles. The molecule has 3 nitrogen and oxygen atoms in total. The molecule has 0 aromatic heterocycles. The maximum Gasteiger partial charge on any atom is 0.350 e. The number of carbonyl (C=O) groups is 1. The van der Waals surface area contributed by atoms with E-state index in [0.29, 0.717) is 13.0 Å². The van der Waals surface area contributed by atoms with Gasteiger partial charge in [-0.05, 0) is 37.6 Å². The topological polar surface area (TPSA) is 35.5 Å². The fourth-order valence-corrected chi connectivity index (χ4v) is 2.23. The van der Waals surface area contributed by atoms with Crippen LogP contribution in [0.4, 0.5) is 0 Å². The fourth-order valence-electron chi connectivity index (χ4n) is 1.83. The van der Waals surface area contributed by atoms with Crippen LogP contribution in [0.1, 0.15) is 19.4 Å². The average molecular weight is 285 g/mol. The van der Waals surface area contributed by atoms with Gasteiger partial charge in [0.15, 0.2) is 0 Å². The summed E-state index contributed by atoms with van der Waals surface area (Å²) in [5.74, 6) is 0.459. The van der Waals surface area contributed by atoms with Crippen LogP contribution < -0.4 is 4.74 Å². The summed E-state index contributed by atoms with van der Waals surface area (Å²) >= 11 is 3.40. The summed E-state index contributed by atoms with van der Waals surface area (Å²) in [6, 6.07) is 5.74. The van der Waals surface area contributed by atoms with Gasteiger partial charge in [-0.2, -0.15) is 0 Å². The minimum atomic E-state index is -0.876. The molecule has 0 saturated carbocycles. The minimum absolute atomic E-state index is 0.303. The van der Waals surface area contributed by atoms with Crippen molar-refractivity contribution in [3.63, 3.8) is 0 Å². The first-order valence-electron chi connectivity index (χ1n) is 5.20. The zero-order chi connectivity index (χ0) is 11.8. The molecule has 1 aliphatic heterocycles. The number of fused-ring (bicyclic) bond motifs is 1. The lowest BCUT2D eigenvalue weighted by atomic mass is 10.00. The third-order valence-electron chi connectivity index (χ3n) is 2.59. The lowest BCUT2D eigenvalue weighted by Gasteiger charge is -2.21. The van der Waals surface area contributed by atoms with Gasteiger partial charge in [-0.15, -0.1) is 0 Å². The molecular weight excluding hydrogens is 272 g/mol. The van der Waals surface area contributed by atoms with E-state index < -0.39 is 5.60 Å². The van der Waals surface area contributed by atoms with Gasteiger partial charge in [-0.3, -0.25) is 0 Å². The van der Waals surface area contributed by atoms with Crippen LogP contribution in [0, 0.1) is 0 Å². The van der Waals surface area contributed by atoms with Gasteiger partial charge in [-0.25, -0.2) is 4.79 Å². The molecular formula is C12H13BrO3. The highest BCUT2D eigenvalue weighted by Gasteiger charge is 2.43. The summed E-state index contributed by atoms with van der Waals surface area (Å²) < 4.78 is 11.7. The van der Waals surface area contributed by atoms with Gasteiger partial charge in [-0.1, -0.05) is 15.9 Å². The molecule has 1 atom stereocenters. The summed E-state index contributed by atoms with van der Waals surface area (Å²) in [7, 11) is 0. The van der Waals surface area contributed by atoms with Gasteiger partial charge >= 0.3 is 5.97 Å². The molecule has 4 heteroatoms. The molecule has 1 aromatic rings. The molecule has 1 heterocycles. The Morgan fingerprint density at radius 1 is 1.62 bits per heavy atom. The Morgan fingerprint density at radius 3 is 3.06 bits per heavy atom. The first-order chi connectivity index (χ1) is 7.55. The molecule has 0 bridgehead atoms. The summed E-state index contributed by atoms with van der Waals surface area (Å²) in [6.45, 7) is 3.93. The van der Waals surface area contributed by atoms with Crippen molar-refractivity contribution in [2.75, 3.05) is 6.61 Å².